The van der Waals surface area contributed by atoms with Gasteiger partial charge in [-0.3, -0.25) is 0 Å². The molecule has 0 N–H and O–H groups in total. The first-order chi connectivity index (χ1) is 19.3. The largest absolute Gasteiger partial charge is 0.456 e. The third-order valence-electron chi connectivity index (χ3n) is 7.66. The van der Waals surface area contributed by atoms with Crippen LogP contribution in [0.5, 0.6) is 0 Å². The number of para-hydroxylation sites is 1. The molecule has 2 aromatic heterocycles. The quantitative estimate of drug-likeness (QED) is 0.243. The summed E-state index contributed by atoms with van der Waals surface area (Å²) in [6.07, 6.45) is 13.8. The number of benzene rings is 4. The van der Waals surface area contributed by atoms with E-state index in [2.05, 4.69) is 91.1 Å². The molecule has 6 aromatic rings. The molecule has 0 saturated heterocycles. The number of allylic oxidation sites excluding steroid dienone is 8. The number of hydrogen-bond donors (Lipinski definition) is 0. The Bertz CT molecular complexity index is 2060. The minimum atomic E-state index is 0.334. The molecule has 1 atom stereocenters. The zero-order chi connectivity index (χ0) is 25.8. The first-order valence-corrected chi connectivity index (χ1v) is 13.2. The molecule has 0 spiro atoms. The van der Waals surface area contributed by atoms with Gasteiger partial charge in [-0.15, -0.1) is 0 Å². The number of fused-ring (bicyclic) bond motifs is 5. The number of aromatic nitrogens is 3. The van der Waals surface area contributed by atoms with E-state index in [1.807, 2.05) is 30.3 Å². The van der Waals surface area contributed by atoms with Crippen LogP contribution in [0.15, 0.2) is 131 Å². The summed E-state index contributed by atoms with van der Waals surface area (Å²) in [6, 6.07) is 29.0. The fourth-order valence-electron chi connectivity index (χ4n) is 5.69. The molecule has 4 aromatic carbocycles. The summed E-state index contributed by atoms with van der Waals surface area (Å²) in [4.78, 5) is 15.2. The van der Waals surface area contributed by atoms with Gasteiger partial charge in [0.15, 0.2) is 17.5 Å². The van der Waals surface area contributed by atoms with Crippen molar-refractivity contribution in [3.8, 4) is 22.8 Å². The molecule has 0 bridgehead atoms. The average Bonchev–Trinajstić information content (AvgIpc) is 3.39. The van der Waals surface area contributed by atoms with Gasteiger partial charge in [-0.2, -0.15) is 0 Å². The molecule has 2 aliphatic rings. The van der Waals surface area contributed by atoms with E-state index in [4.69, 9.17) is 19.4 Å². The topological polar surface area (TPSA) is 51.8 Å². The molecule has 2 heterocycles. The van der Waals surface area contributed by atoms with Crippen LogP contribution < -0.4 is 0 Å². The molecule has 184 valence electrons. The molecule has 0 fully saturated rings. The van der Waals surface area contributed by atoms with Gasteiger partial charge in [0.2, 0.25) is 0 Å². The lowest BCUT2D eigenvalue weighted by molar-refractivity contribution is 0.669. The van der Waals surface area contributed by atoms with E-state index in [0.717, 1.165) is 50.4 Å². The van der Waals surface area contributed by atoms with Gasteiger partial charge in [0.05, 0.1) is 0 Å². The van der Waals surface area contributed by atoms with Crippen LogP contribution in [0.2, 0.25) is 0 Å². The third kappa shape index (κ3) is 3.72. The number of hydrogen-bond acceptors (Lipinski definition) is 4. The maximum atomic E-state index is 6.18. The van der Waals surface area contributed by atoms with E-state index in [1.54, 1.807) is 0 Å². The Kier molecular flexibility index (Phi) is 4.92. The average molecular weight is 502 g/mol. The normalized spacial score (nSPS) is 16.5. The van der Waals surface area contributed by atoms with Gasteiger partial charge in [0.1, 0.15) is 11.2 Å². The summed E-state index contributed by atoms with van der Waals surface area (Å²) in [5.74, 6) is 2.36. The van der Waals surface area contributed by atoms with Crippen LogP contribution in [0.4, 0.5) is 0 Å². The minimum Gasteiger partial charge on any atom is -0.456 e. The first kappa shape index (κ1) is 21.9. The molecule has 4 heteroatoms. The molecular weight excluding hydrogens is 478 g/mol. The van der Waals surface area contributed by atoms with Crippen molar-refractivity contribution in [1.82, 2.24) is 15.0 Å². The van der Waals surface area contributed by atoms with E-state index >= 15 is 0 Å². The SMILES string of the molecule is C1=CC2=CC=C(c3nc(-c4ccc5ccccc5c4)nc(-c4cccc5oc6ccccc6c45)n3)CC2C=C1. The van der Waals surface area contributed by atoms with Gasteiger partial charge >= 0.3 is 0 Å². The number of rotatable bonds is 3. The van der Waals surface area contributed by atoms with Crippen LogP contribution >= 0.6 is 0 Å². The van der Waals surface area contributed by atoms with Crippen molar-refractivity contribution in [1.29, 1.82) is 0 Å². The summed E-state index contributed by atoms with van der Waals surface area (Å²) in [5, 5.41) is 4.43. The molecular formula is C35H23N3O. The molecule has 0 radical (unpaired) electrons. The maximum Gasteiger partial charge on any atom is 0.164 e. The second kappa shape index (κ2) is 8.74. The summed E-state index contributed by atoms with van der Waals surface area (Å²) in [7, 11) is 0. The lowest BCUT2D eigenvalue weighted by Gasteiger charge is -2.22. The van der Waals surface area contributed by atoms with Crippen molar-refractivity contribution in [2.75, 3.05) is 0 Å². The smallest absolute Gasteiger partial charge is 0.164 e. The van der Waals surface area contributed by atoms with Gasteiger partial charge in [-0.05, 0) is 46.5 Å². The van der Waals surface area contributed by atoms with Crippen molar-refractivity contribution in [2.24, 2.45) is 5.92 Å². The fourth-order valence-corrected chi connectivity index (χ4v) is 5.69. The Morgan fingerprint density at radius 3 is 2.46 bits per heavy atom. The Balaban J connectivity index is 1.36. The van der Waals surface area contributed by atoms with Gasteiger partial charge in [0, 0.05) is 27.8 Å². The van der Waals surface area contributed by atoms with Crippen molar-refractivity contribution in [3.63, 3.8) is 0 Å². The highest BCUT2D eigenvalue weighted by Crippen LogP contribution is 2.38. The summed E-state index contributed by atoms with van der Waals surface area (Å²) >= 11 is 0. The summed E-state index contributed by atoms with van der Waals surface area (Å²) < 4.78 is 6.18. The lowest BCUT2D eigenvalue weighted by atomic mass is 9.84. The Morgan fingerprint density at radius 1 is 0.667 bits per heavy atom. The molecule has 8 rings (SSSR count). The highest BCUT2D eigenvalue weighted by atomic mass is 16.3. The van der Waals surface area contributed by atoms with Crippen LogP contribution in [0.1, 0.15) is 12.2 Å². The highest BCUT2D eigenvalue weighted by molar-refractivity contribution is 6.11. The molecule has 1 unspecified atom stereocenters. The van der Waals surface area contributed by atoms with Crippen molar-refractivity contribution in [3.05, 3.63) is 133 Å². The van der Waals surface area contributed by atoms with Crippen LogP contribution in [-0.4, -0.2) is 15.0 Å². The van der Waals surface area contributed by atoms with Crippen molar-refractivity contribution in [2.45, 2.75) is 6.42 Å². The monoisotopic (exact) mass is 501 g/mol. The second-order valence-corrected chi connectivity index (χ2v) is 10.1. The van der Waals surface area contributed by atoms with E-state index in [1.165, 1.54) is 11.0 Å². The Labute approximate surface area is 225 Å². The first-order valence-electron chi connectivity index (χ1n) is 13.2. The lowest BCUT2D eigenvalue weighted by Crippen LogP contribution is -2.10. The van der Waals surface area contributed by atoms with Gasteiger partial charge in [0.25, 0.3) is 0 Å². The molecule has 0 saturated carbocycles. The zero-order valence-corrected chi connectivity index (χ0v) is 21.1. The minimum absolute atomic E-state index is 0.334. The standard InChI is InChI=1S/C35H23N3O/c1-3-10-24-20-26(18-16-22(24)8-1)33-36-34(27-19-17-23-9-2-4-11-25(23)21-27)38-35(37-33)29-13-7-15-31-32(29)28-12-5-6-14-30(28)39-31/h1-20,25H,21H2. The van der Waals surface area contributed by atoms with Gasteiger partial charge in [-0.25, -0.2) is 15.0 Å². The van der Waals surface area contributed by atoms with Crippen molar-refractivity contribution < 1.29 is 4.42 Å². The van der Waals surface area contributed by atoms with E-state index in [0.29, 0.717) is 23.4 Å². The van der Waals surface area contributed by atoms with E-state index in [-0.39, 0.29) is 0 Å². The van der Waals surface area contributed by atoms with Crippen LogP contribution in [0, 0.1) is 5.92 Å². The molecule has 4 nitrogen and oxygen atoms in total. The fraction of sp³-hybridized carbons (Fsp3) is 0.0571. The zero-order valence-electron chi connectivity index (χ0n) is 21.1. The number of nitrogens with zero attached hydrogens (tertiary/aromatic N) is 3. The van der Waals surface area contributed by atoms with Gasteiger partial charge in [-0.1, -0.05) is 103 Å². The van der Waals surface area contributed by atoms with Gasteiger partial charge < -0.3 is 4.42 Å². The Morgan fingerprint density at radius 2 is 1.49 bits per heavy atom. The van der Waals surface area contributed by atoms with E-state index < -0.39 is 0 Å². The van der Waals surface area contributed by atoms with Crippen LogP contribution in [-0.2, 0) is 0 Å². The molecule has 0 aliphatic heterocycles. The van der Waals surface area contributed by atoms with Crippen LogP contribution in [0.3, 0.4) is 0 Å². The van der Waals surface area contributed by atoms with Crippen LogP contribution in [0.25, 0.3) is 61.1 Å². The molecule has 2 aliphatic carbocycles. The summed E-state index contributed by atoms with van der Waals surface area (Å²) in [5.41, 5.74) is 6.02. The Hall–Kier alpha value is -5.09. The molecule has 0 amide bonds. The predicted octanol–water partition coefficient (Wildman–Crippen LogP) is 8.71. The predicted molar refractivity (Wildman–Crippen MR) is 158 cm³/mol. The van der Waals surface area contributed by atoms with Crippen molar-refractivity contribution >= 4 is 38.3 Å². The van der Waals surface area contributed by atoms with E-state index in [9.17, 15) is 0 Å². The molecule has 39 heavy (non-hydrogen) atoms. The maximum absolute atomic E-state index is 6.18. The highest BCUT2D eigenvalue weighted by Gasteiger charge is 2.22. The summed E-state index contributed by atoms with van der Waals surface area (Å²) in [6.45, 7) is 0. The number of furan rings is 1. The second-order valence-electron chi connectivity index (χ2n) is 10.1. The third-order valence-corrected chi connectivity index (χ3v) is 7.66.